The molecule has 1 amide bonds. The van der Waals surface area contributed by atoms with E-state index in [0.29, 0.717) is 23.5 Å². The highest BCUT2D eigenvalue weighted by atomic mass is 32.1. The molecule has 0 unspecified atom stereocenters. The van der Waals surface area contributed by atoms with E-state index in [4.69, 9.17) is 5.11 Å². The summed E-state index contributed by atoms with van der Waals surface area (Å²) in [5.41, 5.74) is 3.00. The largest absolute Gasteiger partial charge is 0.478 e. The topological polar surface area (TPSA) is 57.6 Å². The zero-order valence-corrected chi connectivity index (χ0v) is 12.0. The first-order valence-corrected chi connectivity index (χ1v) is 7.37. The van der Waals surface area contributed by atoms with Crippen molar-refractivity contribution >= 4 is 29.3 Å². The fourth-order valence-corrected chi connectivity index (χ4v) is 3.26. The highest BCUT2D eigenvalue weighted by Gasteiger charge is 2.25. The van der Waals surface area contributed by atoms with Gasteiger partial charge in [-0.25, -0.2) is 4.79 Å². The fourth-order valence-electron chi connectivity index (χ4n) is 2.41. The molecule has 3 rings (SSSR count). The van der Waals surface area contributed by atoms with Gasteiger partial charge in [0, 0.05) is 19.2 Å². The number of nitrogens with zero attached hydrogens (tertiary/aromatic N) is 1. The van der Waals surface area contributed by atoms with Crippen molar-refractivity contribution in [2.75, 3.05) is 0 Å². The molecule has 0 spiro atoms. The Labute approximate surface area is 126 Å². The summed E-state index contributed by atoms with van der Waals surface area (Å²) in [7, 11) is 0. The lowest BCUT2D eigenvalue weighted by molar-refractivity contribution is -0.131. The van der Waals surface area contributed by atoms with Gasteiger partial charge in [-0.1, -0.05) is 24.3 Å². The van der Waals surface area contributed by atoms with E-state index in [2.05, 4.69) is 0 Å². The summed E-state index contributed by atoms with van der Waals surface area (Å²) in [6.07, 6.45) is 2.52. The number of thiophene rings is 1. The Morgan fingerprint density at radius 2 is 1.81 bits per heavy atom. The smallest absolute Gasteiger partial charge is 0.328 e. The lowest BCUT2D eigenvalue weighted by Crippen LogP contribution is -2.25. The molecule has 0 saturated carbocycles. The van der Waals surface area contributed by atoms with Crippen molar-refractivity contribution in [1.82, 2.24) is 4.90 Å². The number of benzene rings is 1. The van der Waals surface area contributed by atoms with E-state index in [9.17, 15) is 9.59 Å². The molecular weight excluding hydrogens is 286 g/mol. The number of carbonyl (C=O) groups excluding carboxylic acids is 1. The summed E-state index contributed by atoms with van der Waals surface area (Å²) in [5, 5.41) is 10.5. The fraction of sp³-hybridized carbons (Fsp3) is 0.125. The highest BCUT2D eigenvalue weighted by molar-refractivity contribution is 7.12. The number of hydrogen-bond acceptors (Lipinski definition) is 3. The van der Waals surface area contributed by atoms with Gasteiger partial charge in [-0.15, -0.1) is 11.3 Å². The summed E-state index contributed by atoms with van der Waals surface area (Å²) < 4.78 is 0. The van der Waals surface area contributed by atoms with E-state index < -0.39 is 5.97 Å². The van der Waals surface area contributed by atoms with Crippen LogP contribution in [0.1, 0.15) is 26.4 Å². The maximum atomic E-state index is 12.6. The minimum absolute atomic E-state index is 0.0498. The second-order valence-corrected chi connectivity index (χ2v) is 5.72. The number of carboxylic acids is 1. The number of rotatable bonds is 3. The Bertz CT molecular complexity index is 708. The number of hydrogen-bond donors (Lipinski definition) is 1. The van der Waals surface area contributed by atoms with Gasteiger partial charge in [-0.3, -0.25) is 4.79 Å². The van der Waals surface area contributed by atoms with Crippen LogP contribution in [-0.4, -0.2) is 21.9 Å². The van der Waals surface area contributed by atoms with Gasteiger partial charge in [-0.05, 0) is 34.2 Å². The molecule has 5 heteroatoms. The van der Waals surface area contributed by atoms with Crippen LogP contribution < -0.4 is 0 Å². The molecule has 1 aliphatic heterocycles. The molecule has 0 radical (unpaired) electrons. The van der Waals surface area contributed by atoms with Crippen molar-refractivity contribution < 1.29 is 14.7 Å². The maximum absolute atomic E-state index is 12.6. The van der Waals surface area contributed by atoms with E-state index in [1.54, 1.807) is 16.3 Å². The monoisotopic (exact) mass is 299 g/mol. The normalized spacial score (nSPS) is 13.6. The van der Waals surface area contributed by atoms with Crippen LogP contribution in [-0.2, 0) is 17.9 Å². The van der Waals surface area contributed by atoms with Crippen molar-refractivity contribution in [1.29, 1.82) is 0 Å². The molecule has 1 N–H and O–H groups in total. The summed E-state index contributed by atoms with van der Waals surface area (Å²) in [4.78, 5) is 25.6. The summed E-state index contributed by atoms with van der Waals surface area (Å²) in [5.74, 6) is -1.07. The predicted octanol–water partition coefficient (Wildman–Crippen LogP) is 3.00. The first-order chi connectivity index (χ1) is 10.1. The second kappa shape index (κ2) is 5.54. The molecule has 0 aliphatic carbocycles. The molecule has 106 valence electrons. The molecule has 0 bridgehead atoms. The van der Waals surface area contributed by atoms with Gasteiger partial charge < -0.3 is 10.0 Å². The van der Waals surface area contributed by atoms with Gasteiger partial charge in [0.1, 0.15) is 0 Å². The van der Waals surface area contributed by atoms with Crippen LogP contribution >= 0.6 is 11.3 Å². The van der Waals surface area contributed by atoms with E-state index in [1.807, 2.05) is 24.3 Å². The standard InChI is InChI=1S/C16H13NO3S/c18-14(19)6-5-11-7-8-21-15(11)16(20)17-9-12-3-1-2-4-13(12)10-17/h1-8H,9-10H2,(H,18,19). The molecule has 4 nitrogen and oxygen atoms in total. The molecule has 21 heavy (non-hydrogen) atoms. The summed E-state index contributed by atoms with van der Waals surface area (Å²) in [6, 6.07) is 9.77. The first-order valence-electron chi connectivity index (χ1n) is 6.49. The number of amides is 1. The average Bonchev–Trinajstić information content (AvgIpc) is 3.10. The lowest BCUT2D eigenvalue weighted by atomic mass is 10.1. The third kappa shape index (κ3) is 2.73. The first kappa shape index (κ1) is 13.6. The van der Waals surface area contributed by atoms with Crippen molar-refractivity contribution in [3.8, 4) is 0 Å². The van der Waals surface area contributed by atoms with Gasteiger partial charge in [0.25, 0.3) is 5.91 Å². The molecule has 1 aromatic heterocycles. The van der Waals surface area contributed by atoms with Crippen LogP contribution in [0.25, 0.3) is 6.08 Å². The zero-order chi connectivity index (χ0) is 14.8. The molecule has 2 heterocycles. The Morgan fingerprint density at radius 3 is 2.43 bits per heavy atom. The summed E-state index contributed by atoms with van der Waals surface area (Å²) >= 11 is 1.34. The van der Waals surface area contributed by atoms with E-state index in [0.717, 1.165) is 6.08 Å². The van der Waals surface area contributed by atoms with Crippen LogP contribution in [0, 0.1) is 0 Å². The van der Waals surface area contributed by atoms with Crippen LogP contribution in [0.4, 0.5) is 0 Å². The maximum Gasteiger partial charge on any atom is 0.328 e. The van der Waals surface area contributed by atoms with Gasteiger partial charge >= 0.3 is 5.97 Å². The van der Waals surface area contributed by atoms with Crippen molar-refractivity contribution in [2.24, 2.45) is 0 Å². The minimum atomic E-state index is -1.02. The van der Waals surface area contributed by atoms with Crippen LogP contribution in [0.15, 0.2) is 41.8 Å². The molecule has 2 aromatic rings. The molecule has 0 fully saturated rings. The average molecular weight is 299 g/mol. The van der Waals surface area contributed by atoms with Crippen LogP contribution in [0.3, 0.4) is 0 Å². The lowest BCUT2D eigenvalue weighted by Gasteiger charge is -2.14. The molecule has 1 aliphatic rings. The SMILES string of the molecule is O=C(O)C=Cc1ccsc1C(=O)N1Cc2ccccc2C1. The third-order valence-electron chi connectivity index (χ3n) is 3.42. The van der Waals surface area contributed by atoms with Crippen LogP contribution in [0.5, 0.6) is 0 Å². The molecular formula is C16H13NO3S. The third-order valence-corrected chi connectivity index (χ3v) is 4.34. The van der Waals surface area contributed by atoms with Gasteiger partial charge in [-0.2, -0.15) is 0 Å². The highest BCUT2D eigenvalue weighted by Crippen LogP contribution is 2.27. The molecule has 0 atom stereocenters. The Morgan fingerprint density at radius 1 is 1.14 bits per heavy atom. The number of carboxylic acid groups (broad SMARTS) is 1. The zero-order valence-electron chi connectivity index (χ0n) is 11.2. The van der Waals surface area contributed by atoms with E-state index in [1.165, 1.54) is 28.5 Å². The molecule has 0 saturated heterocycles. The van der Waals surface area contributed by atoms with Crippen LogP contribution in [0.2, 0.25) is 0 Å². The minimum Gasteiger partial charge on any atom is -0.478 e. The van der Waals surface area contributed by atoms with Crippen molar-refractivity contribution in [2.45, 2.75) is 13.1 Å². The second-order valence-electron chi connectivity index (χ2n) is 4.81. The Balaban J connectivity index is 1.82. The van der Waals surface area contributed by atoms with E-state index >= 15 is 0 Å². The van der Waals surface area contributed by atoms with Crippen molar-refractivity contribution in [3.63, 3.8) is 0 Å². The van der Waals surface area contributed by atoms with Crippen molar-refractivity contribution in [3.05, 3.63) is 63.4 Å². The number of carbonyl (C=O) groups is 2. The van der Waals surface area contributed by atoms with Gasteiger partial charge in [0.05, 0.1) is 4.88 Å². The Hall–Kier alpha value is -2.40. The van der Waals surface area contributed by atoms with Gasteiger partial charge in [0.15, 0.2) is 0 Å². The Kier molecular flexibility index (Phi) is 3.58. The number of fused-ring (bicyclic) bond motifs is 1. The number of aliphatic carboxylic acids is 1. The van der Waals surface area contributed by atoms with E-state index in [-0.39, 0.29) is 5.91 Å². The quantitative estimate of drug-likeness (QED) is 0.886. The molecule has 1 aromatic carbocycles. The predicted molar refractivity (Wildman–Crippen MR) is 81.0 cm³/mol. The summed E-state index contributed by atoms with van der Waals surface area (Å²) in [6.45, 7) is 1.21. The van der Waals surface area contributed by atoms with Gasteiger partial charge in [0.2, 0.25) is 0 Å².